The molecule has 9 heteroatoms. The standard InChI is InChI=1S/C8H7ClO2.C7H5BrO2.C7H5IO2/c9-6-11-8(10)7-4-2-1-3-5-7;2*8-6-3-1-2-5(4-6)7(9)10/h1-5H,6H2;2*1-4H,(H,9,10). The topological polar surface area (TPSA) is 101 Å². The Labute approximate surface area is 206 Å². The first kappa shape index (κ1) is 26.6. The van der Waals surface area contributed by atoms with Crippen LogP contribution in [0.5, 0.6) is 0 Å². The first-order valence-corrected chi connectivity index (χ1v) is 10.9. The molecule has 0 radical (unpaired) electrons. The molecule has 3 aromatic rings. The van der Waals surface area contributed by atoms with Crippen molar-refractivity contribution in [2.24, 2.45) is 0 Å². The van der Waals surface area contributed by atoms with Gasteiger partial charge in [-0.25, -0.2) is 14.4 Å². The van der Waals surface area contributed by atoms with Crippen LogP contribution in [0.2, 0.25) is 0 Å². The van der Waals surface area contributed by atoms with Crippen molar-refractivity contribution >= 4 is 68.0 Å². The Morgan fingerprint density at radius 3 is 1.74 bits per heavy atom. The molecule has 0 saturated carbocycles. The van der Waals surface area contributed by atoms with Crippen LogP contribution in [0.3, 0.4) is 0 Å². The van der Waals surface area contributed by atoms with Crippen molar-refractivity contribution < 1.29 is 29.3 Å². The van der Waals surface area contributed by atoms with Crippen LogP contribution in [0.15, 0.2) is 83.3 Å². The molecular weight excluding hydrogens is 602 g/mol. The summed E-state index contributed by atoms with van der Waals surface area (Å²) in [7, 11) is 0. The van der Waals surface area contributed by atoms with Gasteiger partial charge >= 0.3 is 17.9 Å². The highest BCUT2D eigenvalue weighted by Crippen LogP contribution is 2.11. The largest absolute Gasteiger partial charge is 0.478 e. The fourth-order valence-electron chi connectivity index (χ4n) is 1.95. The average Bonchev–Trinajstić information content (AvgIpc) is 2.75. The molecule has 0 aliphatic rings. The fraction of sp³-hybridized carbons (Fsp3) is 0.0455. The molecule has 0 heterocycles. The lowest BCUT2D eigenvalue weighted by molar-refractivity contribution is 0.0572. The zero-order valence-electron chi connectivity index (χ0n) is 15.9. The monoisotopic (exact) mass is 618 g/mol. The Kier molecular flexibility index (Phi) is 12.5. The minimum Gasteiger partial charge on any atom is -0.478 e. The number of aromatic carboxylic acids is 2. The number of carboxylic acids is 2. The number of hydrogen-bond donors (Lipinski definition) is 2. The van der Waals surface area contributed by atoms with Crippen LogP contribution < -0.4 is 0 Å². The maximum atomic E-state index is 10.9. The minimum atomic E-state index is -0.902. The SMILES string of the molecule is O=C(O)c1cccc(Br)c1.O=C(O)c1cccc(I)c1.O=C(OCCl)c1ccccc1. The van der Waals surface area contributed by atoms with Crippen LogP contribution in [-0.4, -0.2) is 34.2 Å². The summed E-state index contributed by atoms with van der Waals surface area (Å²) >= 11 is 10.4. The Morgan fingerprint density at radius 2 is 1.32 bits per heavy atom. The van der Waals surface area contributed by atoms with Gasteiger partial charge in [0.1, 0.15) is 0 Å². The highest BCUT2D eigenvalue weighted by molar-refractivity contribution is 14.1. The zero-order chi connectivity index (χ0) is 23.2. The van der Waals surface area contributed by atoms with Gasteiger partial charge in [0.05, 0.1) is 16.7 Å². The van der Waals surface area contributed by atoms with Crippen molar-refractivity contribution in [3.63, 3.8) is 0 Å². The molecule has 162 valence electrons. The summed E-state index contributed by atoms with van der Waals surface area (Å²) < 4.78 is 6.28. The number of esters is 1. The summed E-state index contributed by atoms with van der Waals surface area (Å²) in [5.41, 5.74) is 1.16. The molecule has 0 bridgehead atoms. The number of carbonyl (C=O) groups excluding carboxylic acids is 1. The molecule has 31 heavy (non-hydrogen) atoms. The molecule has 0 aromatic heterocycles. The van der Waals surface area contributed by atoms with Crippen LogP contribution in [0, 0.1) is 3.57 Å². The number of benzene rings is 3. The van der Waals surface area contributed by atoms with Crippen LogP contribution >= 0.6 is 50.1 Å². The van der Waals surface area contributed by atoms with E-state index in [1.54, 1.807) is 66.7 Å². The van der Waals surface area contributed by atoms with Crippen molar-refractivity contribution in [1.82, 2.24) is 0 Å². The lowest BCUT2D eigenvalue weighted by Crippen LogP contribution is -2.02. The number of hydrogen-bond acceptors (Lipinski definition) is 4. The first-order valence-electron chi connectivity index (χ1n) is 8.50. The van der Waals surface area contributed by atoms with E-state index in [1.165, 1.54) is 0 Å². The van der Waals surface area contributed by atoms with Gasteiger partial charge < -0.3 is 14.9 Å². The minimum absolute atomic E-state index is 0.103. The molecule has 3 aromatic carbocycles. The summed E-state index contributed by atoms with van der Waals surface area (Å²) in [4.78, 5) is 31.6. The molecule has 3 rings (SSSR count). The van der Waals surface area contributed by atoms with Crippen LogP contribution in [0.1, 0.15) is 31.1 Å². The van der Waals surface area contributed by atoms with Crippen molar-refractivity contribution in [3.8, 4) is 0 Å². The Hall–Kier alpha value is -2.43. The molecule has 0 saturated heterocycles. The van der Waals surface area contributed by atoms with E-state index in [9.17, 15) is 14.4 Å². The molecule has 0 aliphatic heterocycles. The zero-order valence-corrected chi connectivity index (χ0v) is 20.4. The van der Waals surface area contributed by atoms with E-state index in [0.717, 1.165) is 8.04 Å². The predicted molar refractivity (Wildman–Crippen MR) is 130 cm³/mol. The number of halogens is 3. The van der Waals surface area contributed by atoms with Crippen molar-refractivity contribution in [2.75, 3.05) is 6.07 Å². The van der Waals surface area contributed by atoms with E-state index in [1.807, 2.05) is 12.1 Å². The summed E-state index contributed by atoms with van der Waals surface area (Å²) in [5, 5.41) is 17.0. The molecule has 0 spiro atoms. The van der Waals surface area contributed by atoms with E-state index < -0.39 is 11.9 Å². The Bertz CT molecular complexity index is 958. The molecule has 0 fully saturated rings. The molecule has 6 nitrogen and oxygen atoms in total. The highest BCUT2D eigenvalue weighted by atomic mass is 127. The summed E-state index contributed by atoms with van der Waals surface area (Å²) in [6.45, 7) is 0. The van der Waals surface area contributed by atoms with E-state index in [0.29, 0.717) is 16.7 Å². The van der Waals surface area contributed by atoms with Crippen LogP contribution in [0.25, 0.3) is 0 Å². The van der Waals surface area contributed by atoms with Gasteiger partial charge in [0.2, 0.25) is 0 Å². The van der Waals surface area contributed by atoms with E-state index in [-0.39, 0.29) is 12.0 Å². The van der Waals surface area contributed by atoms with Gasteiger partial charge in [0.15, 0.2) is 6.07 Å². The van der Waals surface area contributed by atoms with Gasteiger partial charge in [0, 0.05) is 8.04 Å². The fourth-order valence-corrected chi connectivity index (χ4v) is 2.99. The Morgan fingerprint density at radius 1 is 0.806 bits per heavy atom. The van der Waals surface area contributed by atoms with Gasteiger partial charge in [-0.3, -0.25) is 0 Å². The summed E-state index contributed by atoms with van der Waals surface area (Å²) in [6.07, 6.45) is 0. The second-order valence-electron chi connectivity index (χ2n) is 5.54. The number of carbonyl (C=O) groups is 3. The maximum absolute atomic E-state index is 10.9. The number of rotatable bonds is 4. The van der Waals surface area contributed by atoms with Crippen molar-refractivity contribution in [3.05, 3.63) is 104 Å². The number of carboxylic acid groups (broad SMARTS) is 2. The molecule has 0 unspecified atom stereocenters. The Balaban J connectivity index is 0.000000233. The molecule has 0 aliphatic carbocycles. The second kappa shape index (κ2) is 14.6. The summed E-state index contributed by atoms with van der Waals surface area (Å²) in [5.74, 6) is -2.17. The lowest BCUT2D eigenvalue weighted by Gasteiger charge is -1.98. The maximum Gasteiger partial charge on any atom is 0.339 e. The second-order valence-corrected chi connectivity index (χ2v) is 7.92. The molecule has 2 N–H and O–H groups in total. The smallest absolute Gasteiger partial charge is 0.339 e. The number of alkyl halides is 1. The van der Waals surface area contributed by atoms with Crippen molar-refractivity contribution in [2.45, 2.75) is 0 Å². The lowest BCUT2D eigenvalue weighted by atomic mass is 10.2. The third-order valence-electron chi connectivity index (χ3n) is 3.34. The highest BCUT2D eigenvalue weighted by Gasteiger charge is 2.03. The van der Waals surface area contributed by atoms with E-state index in [2.05, 4.69) is 43.3 Å². The van der Waals surface area contributed by atoms with E-state index in [4.69, 9.17) is 21.8 Å². The van der Waals surface area contributed by atoms with Gasteiger partial charge in [-0.05, 0) is 71.1 Å². The third kappa shape index (κ3) is 11.0. The first-order chi connectivity index (χ1) is 14.7. The normalized spacial score (nSPS) is 9.26. The van der Waals surface area contributed by atoms with Gasteiger partial charge in [-0.15, -0.1) is 0 Å². The number of ether oxygens (including phenoxy) is 1. The molecule has 0 amide bonds. The van der Waals surface area contributed by atoms with E-state index >= 15 is 0 Å². The quantitative estimate of drug-likeness (QED) is 0.206. The van der Waals surface area contributed by atoms with Crippen molar-refractivity contribution in [1.29, 1.82) is 0 Å². The van der Waals surface area contributed by atoms with Crippen LogP contribution in [-0.2, 0) is 4.74 Å². The predicted octanol–water partition coefficient (Wildman–Crippen LogP) is 6.18. The summed E-state index contributed by atoms with van der Waals surface area (Å²) in [6, 6.07) is 22.0. The molecule has 0 atom stereocenters. The van der Waals surface area contributed by atoms with Crippen LogP contribution in [0.4, 0.5) is 0 Å². The van der Waals surface area contributed by atoms with Gasteiger partial charge in [0.25, 0.3) is 0 Å². The average molecular weight is 620 g/mol. The molecular formula is C22H17BrClIO6. The van der Waals surface area contributed by atoms with Gasteiger partial charge in [-0.1, -0.05) is 57.9 Å². The van der Waals surface area contributed by atoms with Gasteiger partial charge in [-0.2, -0.15) is 0 Å². The third-order valence-corrected chi connectivity index (χ3v) is 4.61.